The average molecular weight is 355 g/mol. The first kappa shape index (κ1) is 20.1. The van der Waals surface area contributed by atoms with Crippen LogP contribution in [-0.4, -0.2) is 23.5 Å². The predicted octanol–water partition coefficient (Wildman–Crippen LogP) is 3.75. The molecule has 1 amide bonds. The lowest BCUT2D eigenvalue weighted by Gasteiger charge is -2.18. The molecular weight excluding hydrogens is 326 g/mol. The molecule has 2 rings (SSSR count). The second-order valence-electron chi connectivity index (χ2n) is 7.39. The monoisotopic (exact) mass is 355 g/mol. The molecule has 1 aliphatic rings. The zero-order valence-electron chi connectivity index (χ0n) is 16.4. The van der Waals surface area contributed by atoms with Gasteiger partial charge in [-0.05, 0) is 56.4 Å². The summed E-state index contributed by atoms with van der Waals surface area (Å²) < 4.78 is 0. The molecule has 4 nitrogen and oxygen atoms in total. The molecule has 1 N–H and O–H groups in total. The van der Waals surface area contributed by atoms with Crippen molar-refractivity contribution >= 4 is 23.5 Å². The first-order chi connectivity index (χ1) is 12.3. The molecule has 26 heavy (non-hydrogen) atoms. The summed E-state index contributed by atoms with van der Waals surface area (Å²) in [5, 5.41) is 2.81. The van der Waals surface area contributed by atoms with E-state index < -0.39 is 11.8 Å². The molecule has 1 aromatic carbocycles. The Labute approximate surface area is 156 Å². The molecule has 0 aliphatic heterocycles. The van der Waals surface area contributed by atoms with E-state index in [2.05, 4.69) is 11.4 Å². The summed E-state index contributed by atoms with van der Waals surface area (Å²) in [6, 6.07) is 4.11. The third-order valence-corrected chi connectivity index (χ3v) is 4.86. The van der Waals surface area contributed by atoms with E-state index in [1.165, 1.54) is 0 Å². The van der Waals surface area contributed by atoms with Crippen molar-refractivity contribution in [2.24, 2.45) is 5.92 Å². The highest BCUT2D eigenvalue weighted by atomic mass is 16.2. The number of Topliss-reactive ketones (excluding diaryl/α,β-unsaturated/α-hetero) is 2. The number of aryl methyl sites for hydroxylation is 2. The Morgan fingerprint density at radius 3 is 2.58 bits per heavy atom. The SMILES string of the molecule is C/C=C/c1cc(C)c(C2C(=O)CC(CC(=O)NC(C)C)C2=O)c(CC)c1. The number of carbonyl (C=O) groups is 3. The predicted molar refractivity (Wildman–Crippen MR) is 104 cm³/mol. The van der Waals surface area contributed by atoms with Gasteiger partial charge in [-0.2, -0.15) is 0 Å². The maximum Gasteiger partial charge on any atom is 0.220 e. The van der Waals surface area contributed by atoms with Crippen LogP contribution in [0.1, 0.15) is 68.7 Å². The minimum Gasteiger partial charge on any atom is -0.354 e. The Hall–Kier alpha value is -2.23. The third-order valence-electron chi connectivity index (χ3n) is 4.86. The van der Waals surface area contributed by atoms with Crippen molar-refractivity contribution in [1.29, 1.82) is 0 Å². The molecule has 1 fully saturated rings. The Balaban J connectivity index is 2.33. The van der Waals surface area contributed by atoms with E-state index in [9.17, 15) is 14.4 Å². The molecule has 0 heterocycles. The lowest BCUT2D eigenvalue weighted by atomic mass is 9.84. The van der Waals surface area contributed by atoms with Crippen molar-refractivity contribution in [3.05, 3.63) is 40.5 Å². The van der Waals surface area contributed by atoms with Crippen molar-refractivity contribution in [2.75, 3.05) is 0 Å². The van der Waals surface area contributed by atoms with Gasteiger partial charge in [0.15, 0.2) is 5.78 Å². The number of carbonyl (C=O) groups excluding carboxylic acids is 3. The van der Waals surface area contributed by atoms with Gasteiger partial charge in [-0.1, -0.05) is 31.2 Å². The molecule has 4 heteroatoms. The fourth-order valence-electron chi connectivity index (χ4n) is 3.83. The van der Waals surface area contributed by atoms with E-state index in [1.807, 2.05) is 52.8 Å². The lowest BCUT2D eigenvalue weighted by molar-refractivity contribution is -0.128. The molecule has 0 radical (unpaired) electrons. The first-order valence-electron chi connectivity index (χ1n) is 9.40. The summed E-state index contributed by atoms with van der Waals surface area (Å²) in [7, 11) is 0. The van der Waals surface area contributed by atoms with Crippen LogP contribution in [0.5, 0.6) is 0 Å². The maximum atomic E-state index is 13.0. The van der Waals surface area contributed by atoms with E-state index in [4.69, 9.17) is 0 Å². The standard InChI is InChI=1S/C22H29NO3/c1-6-8-15-9-14(5)20(16(7-2)10-15)21-18(24)11-17(22(21)26)12-19(25)23-13(3)4/h6,8-10,13,17,21H,7,11-12H2,1-5H3,(H,23,25)/b8-6+. The van der Waals surface area contributed by atoms with Gasteiger partial charge >= 0.3 is 0 Å². The molecule has 0 saturated heterocycles. The van der Waals surface area contributed by atoms with Crippen LogP contribution in [0.2, 0.25) is 0 Å². The van der Waals surface area contributed by atoms with E-state index >= 15 is 0 Å². The van der Waals surface area contributed by atoms with Crippen LogP contribution < -0.4 is 5.32 Å². The summed E-state index contributed by atoms with van der Waals surface area (Å²) in [4.78, 5) is 37.6. The van der Waals surface area contributed by atoms with Crippen LogP contribution in [0.25, 0.3) is 6.08 Å². The van der Waals surface area contributed by atoms with E-state index in [-0.39, 0.29) is 36.4 Å². The highest BCUT2D eigenvalue weighted by Gasteiger charge is 2.44. The van der Waals surface area contributed by atoms with E-state index in [1.54, 1.807) is 0 Å². The molecule has 1 aromatic rings. The molecular formula is C22H29NO3. The lowest BCUT2D eigenvalue weighted by Crippen LogP contribution is -2.32. The smallest absolute Gasteiger partial charge is 0.220 e. The van der Waals surface area contributed by atoms with Gasteiger partial charge in [0.2, 0.25) is 5.91 Å². The Kier molecular flexibility index (Phi) is 6.52. The molecule has 2 unspecified atom stereocenters. The minimum absolute atomic E-state index is 0.0265. The van der Waals surface area contributed by atoms with Crippen LogP contribution in [0.4, 0.5) is 0 Å². The second kappa shape index (κ2) is 8.43. The quantitative estimate of drug-likeness (QED) is 0.791. The van der Waals surface area contributed by atoms with Crippen molar-refractivity contribution < 1.29 is 14.4 Å². The number of benzene rings is 1. The van der Waals surface area contributed by atoms with Gasteiger partial charge in [-0.3, -0.25) is 14.4 Å². The average Bonchev–Trinajstić information content (AvgIpc) is 2.80. The van der Waals surface area contributed by atoms with Crippen LogP contribution in [-0.2, 0) is 20.8 Å². The van der Waals surface area contributed by atoms with Crippen molar-refractivity contribution in [3.8, 4) is 0 Å². The largest absolute Gasteiger partial charge is 0.354 e. The number of nitrogens with one attached hydrogen (secondary N) is 1. The van der Waals surface area contributed by atoms with Crippen LogP contribution in [0, 0.1) is 12.8 Å². The summed E-state index contributed by atoms with van der Waals surface area (Å²) in [6.07, 6.45) is 5.01. The number of hydrogen-bond acceptors (Lipinski definition) is 3. The summed E-state index contributed by atoms with van der Waals surface area (Å²) in [5.41, 5.74) is 3.94. The molecule has 1 saturated carbocycles. The van der Waals surface area contributed by atoms with Gasteiger partial charge in [0.1, 0.15) is 11.7 Å². The topological polar surface area (TPSA) is 63.2 Å². The van der Waals surface area contributed by atoms with E-state index in [0.29, 0.717) is 0 Å². The van der Waals surface area contributed by atoms with Gasteiger partial charge in [-0.25, -0.2) is 0 Å². The van der Waals surface area contributed by atoms with Gasteiger partial charge in [-0.15, -0.1) is 0 Å². The zero-order valence-corrected chi connectivity index (χ0v) is 16.4. The minimum atomic E-state index is -0.721. The van der Waals surface area contributed by atoms with E-state index in [0.717, 1.165) is 28.7 Å². The van der Waals surface area contributed by atoms with Crippen LogP contribution in [0.3, 0.4) is 0 Å². The first-order valence-corrected chi connectivity index (χ1v) is 9.40. The normalized spacial score (nSPS) is 20.4. The van der Waals surface area contributed by atoms with Crippen molar-refractivity contribution in [2.45, 2.75) is 65.8 Å². The maximum absolute atomic E-state index is 13.0. The van der Waals surface area contributed by atoms with Gasteiger partial charge in [0.25, 0.3) is 0 Å². The molecule has 0 aromatic heterocycles. The summed E-state index contributed by atoms with van der Waals surface area (Å²) >= 11 is 0. The number of rotatable bonds is 6. The molecule has 0 spiro atoms. The third kappa shape index (κ3) is 4.29. The Morgan fingerprint density at radius 1 is 1.31 bits per heavy atom. The van der Waals surface area contributed by atoms with Crippen molar-refractivity contribution in [3.63, 3.8) is 0 Å². The van der Waals surface area contributed by atoms with Crippen LogP contribution in [0.15, 0.2) is 18.2 Å². The fourth-order valence-corrected chi connectivity index (χ4v) is 3.83. The molecule has 1 aliphatic carbocycles. The Bertz CT molecular complexity index is 746. The summed E-state index contributed by atoms with van der Waals surface area (Å²) in [5.74, 6) is -1.56. The summed E-state index contributed by atoms with van der Waals surface area (Å²) in [6.45, 7) is 9.72. The van der Waals surface area contributed by atoms with Gasteiger partial charge in [0.05, 0.1) is 0 Å². The number of hydrogen-bond donors (Lipinski definition) is 1. The van der Waals surface area contributed by atoms with Gasteiger partial charge in [0, 0.05) is 24.8 Å². The van der Waals surface area contributed by atoms with Gasteiger partial charge < -0.3 is 5.32 Å². The molecule has 0 bridgehead atoms. The number of allylic oxidation sites excluding steroid dienone is 1. The highest BCUT2D eigenvalue weighted by molar-refractivity contribution is 6.15. The van der Waals surface area contributed by atoms with Crippen molar-refractivity contribution in [1.82, 2.24) is 5.32 Å². The highest BCUT2D eigenvalue weighted by Crippen LogP contribution is 2.38. The fraction of sp³-hybridized carbons (Fsp3) is 0.500. The van der Waals surface area contributed by atoms with Crippen LogP contribution >= 0.6 is 0 Å². The zero-order chi connectivity index (χ0) is 19.4. The second-order valence-corrected chi connectivity index (χ2v) is 7.39. The molecule has 2 atom stereocenters. The number of amides is 1. The Morgan fingerprint density at radius 2 is 2.00 bits per heavy atom. The molecule has 140 valence electrons. The number of ketones is 2.